The van der Waals surface area contributed by atoms with Gasteiger partial charge in [-0.3, -0.25) is 4.79 Å². The number of carbonyl (C=O) groups excluding carboxylic acids is 1. The summed E-state index contributed by atoms with van der Waals surface area (Å²) in [6.07, 6.45) is 2.20. The first kappa shape index (κ1) is 20.8. The largest absolute Gasteiger partial charge is 0.325 e. The molecule has 1 amide bonds. The third-order valence-electron chi connectivity index (χ3n) is 5.29. The Morgan fingerprint density at radius 2 is 1.82 bits per heavy atom. The number of anilines is 1. The molecule has 1 saturated heterocycles. The molecular weight excluding hydrogens is 396 g/mol. The smallest absolute Gasteiger partial charge is 0.243 e. The predicted molar refractivity (Wildman–Crippen MR) is 112 cm³/mol. The lowest BCUT2D eigenvalue weighted by molar-refractivity contribution is -0.119. The summed E-state index contributed by atoms with van der Waals surface area (Å²) >= 11 is 5.86. The van der Waals surface area contributed by atoms with Crippen molar-refractivity contribution in [3.05, 3.63) is 59.1 Å². The van der Waals surface area contributed by atoms with E-state index in [9.17, 15) is 13.2 Å². The average molecular weight is 421 g/mol. The van der Waals surface area contributed by atoms with Gasteiger partial charge in [-0.15, -0.1) is 0 Å². The van der Waals surface area contributed by atoms with Crippen molar-refractivity contribution >= 4 is 33.2 Å². The van der Waals surface area contributed by atoms with E-state index in [1.54, 1.807) is 12.1 Å². The standard InChI is InChI=1S/C21H25ClN2O3S/c1-3-15(2)16-6-10-18(11-7-16)23-21(25)20-5-4-14-24(20)28(26,27)19-12-8-17(22)9-13-19/h6-13,15,20H,3-5,14H2,1-2H3,(H,23,25)/t15-,20+/m1/s1. The highest BCUT2D eigenvalue weighted by Crippen LogP contribution is 2.28. The molecule has 2 aromatic rings. The van der Waals surface area contributed by atoms with Crippen LogP contribution in [0.4, 0.5) is 5.69 Å². The highest BCUT2D eigenvalue weighted by Gasteiger charge is 2.39. The first-order chi connectivity index (χ1) is 13.3. The van der Waals surface area contributed by atoms with E-state index in [1.807, 2.05) is 24.3 Å². The molecular formula is C21H25ClN2O3S. The molecule has 0 aliphatic carbocycles. The van der Waals surface area contributed by atoms with Crippen molar-refractivity contribution in [3.63, 3.8) is 0 Å². The molecule has 3 rings (SSSR count). The number of halogens is 1. The summed E-state index contributed by atoms with van der Waals surface area (Å²) in [5, 5.41) is 3.33. The minimum atomic E-state index is -3.75. The molecule has 28 heavy (non-hydrogen) atoms. The summed E-state index contributed by atoms with van der Waals surface area (Å²) < 4.78 is 27.2. The number of hydrogen-bond donors (Lipinski definition) is 1. The van der Waals surface area contributed by atoms with Crippen LogP contribution in [-0.2, 0) is 14.8 Å². The van der Waals surface area contributed by atoms with Gasteiger partial charge in [0.2, 0.25) is 15.9 Å². The van der Waals surface area contributed by atoms with Crippen LogP contribution in [0.25, 0.3) is 0 Å². The Balaban J connectivity index is 1.75. The van der Waals surface area contributed by atoms with Gasteiger partial charge in [0.1, 0.15) is 6.04 Å². The van der Waals surface area contributed by atoms with Gasteiger partial charge in [-0.2, -0.15) is 4.31 Å². The van der Waals surface area contributed by atoms with E-state index in [0.29, 0.717) is 36.0 Å². The molecule has 2 atom stereocenters. The van der Waals surface area contributed by atoms with Gasteiger partial charge < -0.3 is 5.32 Å². The first-order valence-corrected chi connectivity index (χ1v) is 11.3. The van der Waals surface area contributed by atoms with Gasteiger partial charge >= 0.3 is 0 Å². The molecule has 0 aromatic heterocycles. The Kier molecular flexibility index (Phi) is 6.43. The lowest BCUT2D eigenvalue weighted by atomic mass is 9.98. The molecule has 5 nitrogen and oxygen atoms in total. The van der Waals surface area contributed by atoms with Crippen LogP contribution in [0.2, 0.25) is 5.02 Å². The third kappa shape index (κ3) is 4.40. The summed E-state index contributed by atoms with van der Waals surface area (Å²) in [5.74, 6) is 0.158. The Labute approximate surface area is 171 Å². The molecule has 0 bridgehead atoms. The van der Waals surface area contributed by atoms with Gasteiger partial charge in [-0.25, -0.2) is 8.42 Å². The Hall–Kier alpha value is -1.89. The Morgan fingerprint density at radius 3 is 2.43 bits per heavy atom. The van der Waals surface area contributed by atoms with Crippen molar-refractivity contribution in [3.8, 4) is 0 Å². The van der Waals surface area contributed by atoms with Crippen LogP contribution >= 0.6 is 11.6 Å². The molecule has 150 valence electrons. The molecule has 1 fully saturated rings. The third-order valence-corrected chi connectivity index (χ3v) is 7.46. The fraction of sp³-hybridized carbons (Fsp3) is 0.381. The summed E-state index contributed by atoms with van der Waals surface area (Å²) in [5.41, 5.74) is 1.89. The fourth-order valence-electron chi connectivity index (χ4n) is 3.39. The van der Waals surface area contributed by atoms with Crippen LogP contribution in [-0.4, -0.2) is 31.2 Å². The minimum absolute atomic E-state index is 0.148. The van der Waals surface area contributed by atoms with E-state index in [1.165, 1.54) is 22.0 Å². The Morgan fingerprint density at radius 1 is 1.18 bits per heavy atom. The molecule has 1 aliphatic rings. The second-order valence-electron chi connectivity index (χ2n) is 7.15. The van der Waals surface area contributed by atoms with E-state index in [0.717, 1.165) is 6.42 Å². The predicted octanol–water partition coefficient (Wildman–Crippen LogP) is 4.65. The molecule has 2 aromatic carbocycles. The fourth-order valence-corrected chi connectivity index (χ4v) is 5.17. The highest BCUT2D eigenvalue weighted by atomic mass is 35.5. The van der Waals surface area contributed by atoms with E-state index >= 15 is 0 Å². The summed E-state index contributed by atoms with van der Waals surface area (Å²) in [6, 6.07) is 13.0. The second kappa shape index (κ2) is 8.64. The highest BCUT2D eigenvalue weighted by molar-refractivity contribution is 7.89. The monoisotopic (exact) mass is 420 g/mol. The number of sulfonamides is 1. The van der Waals surface area contributed by atoms with Crippen LogP contribution < -0.4 is 5.32 Å². The topological polar surface area (TPSA) is 66.5 Å². The van der Waals surface area contributed by atoms with Crippen molar-refractivity contribution in [2.45, 2.75) is 50.0 Å². The van der Waals surface area contributed by atoms with Crippen LogP contribution in [0.1, 0.15) is 44.6 Å². The van der Waals surface area contributed by atoms with Crippen LogP contribution in [0.5, 0.6) is 0 Å². The van der Waals surface area contributed by atoms with Crippen molar-refractivity contribution < 1.29 is 13.2 Å². The molecule has 0 unspecified atom stereocenters. The molecule has 1 N–H and O–H groups in total. The van der Waals surface area contributed by atoms with E-state index in [-0.39, 0.29) is 10.8 Å². The second-order valence-corrected chi connectivity index (χ2v) is 9.48. The number of rotatable bonds is 6. The minimum Gasteiger partial charge on any atom is -0.325 e. The summed E-state index contributed by atoms with van der Waals surface area (Å²) in [6.45, 7) is 4.62. The van der Waals surface area contributed by atoms with Crippen molar-refractivity contribution in [2.75, 3.05) is 11.9 Å². The molecule has 0 saturated carbocycles. The number of carbonyl (C=O) groups is 1. The summed E-state index contributed by atoms with van der Waals surface area (Å²) in [4.78, 5) is 12.9. The molecule has 1 heterocycles. The quantitative estimate of drug-likeness (QED) is 0.739. The van der Waals surface area contributed by atoms with Gasteiger partial charge in [-0.05, 0) is 67.1 Å². The lowest BCUT2D eigenvalue weighted by Crippen LogP contribution is -2.43. The van der Waals surface area contributed by atoms with Gasteiger partial charge in [0.15, 0.2) is 0 Å². The van der Waals surface area contributed by atoms with Crippen LogP contribution in [0.15, 0.2) is 53.4 Å². The van der Waals surface area contributed by atoms with Crippen LogP contribution in [0.3, 0.4) is 0 Å². The van der Waals surface area contributed by atoms with Crippen molar-refractivity contribution in [1.29, 1.82) is 0 Å². The van der Waals surface area contributed by atoms with Gasteiger partial charge in [-0.1, -0.05) is 37.6 Å². The SMILES string of the molecule is CC[C@@H](C)c1ccc(NC(=O)[C@@H]2CCCN2S(=O)(=O)c2ccc(Cl)cc2)cc1. The number of benzene rings is 2. The molecule has 1 aliphatic heterocycles. The molecule has 7 heteroatoms. The van der Waals surface area contributed by atoms with Crippen LogP contribution in [0, 0.1) is 0 Å². The maximum atomic E-state index is 13.0. The number of nitrogens with zero attached hydrogens (tertiary/aromatic N) is 1. The van der Waals surface area contributed by atoms with Crippen molar-refractivity contribution in [2.24, 2.45) is 0 Å². The maximum absolute atomic E-state index is 13.0. The van der Waals surface area contributed by atoms with E-state index in [2.05, 4.69) is 19.2 Å². The Bertz CT molecular complexity index is 927. The van der Waals surface area contributed by atoms with E-state index < -0.39 is 16.1 Å². The van der Waals surface area contributed by atoms with E-state index in [4.69, 9.17) is 11.6 Å². The molecule has 0 spiro atoms. The average Bonchev–Trinajstić information content (AvgIpc) is 3.19. The zero-order chi connectivity index (χ0) is 20.3. The van der Waals surface area contributed by atoms with Crippen molar-refractivity contribution in [1.82, 2.24) is 4.31 Å². The number of amides is 1. The number of nitrogens with one attached hydrogen (secondary N) is 1. The molecule has 0 radical (unpaired) electrons. The summed E-state index contributed by atoms with van der Waals surface area (Å²) in [7, 11) is -3.75. The normalized spacial score (nSPS) is 18.8. The van der Waals surface area contributed by atoms with Gasteiger partial charge in [0.05, 0.1) is 4.90 Å². The van der Waals surface area contributed by atoms with Gasteiger partial charge in [0.25, 0.3) is 0 Å². The first-order valence-electron chi connectivity index (χ1n) is 9.51. The number of hydrogen-bond acceptors (Lipinski definition) is 3. The lowest BCUT2D eigenvalue weighted by Gasteiger charge is -2.23. The van der Waals surface area contributed by atoms with Gasteiger partial charge in [0, 0.05) is 17.3 Å². The zero-order valence-corrected chi connectivity index (χ0v) is 17.6. The zero-order valence-electron chi connectivity index (χ0n) is 16.1. The maximum Gasteiger partial charge on any atom is 0.243 e.